The number of methoxy groups -OCH3 is 1. The number of carbonyl (C=O) groups excluding carboxylic acids is 2. The molecule has 26 heavy (non-hydrogen) atoms. The highest BCUT2D eigenvalue weighted by Crippen LogP contribution is 2.23. The molecule has 2 aromatic carbocycles. The number of ether oxygens (including phenoxy) is 1. The summed E-state index contributed by atoms with van der Waals surface area (Å²) in [7, 11) is 1.53. The number of nitrogens with one attached hydrogen (secondary N) is 2. The van der Waals surface area contributed by atoms with Gasteiger partial charge in [0, 0.05) is 17.4 Å². The van der Waals surface area contributed by atoms with E-state index >= 15 is 0 Å². The topological polar surface area (TPSA) is 80.3 Å². The Labute approximate surface area is 150 Å². The van der Waals surface area contributed by atoms with E-state index in [2.05, 4.69) is 15.6 Å². The molecule has 2 amide bonds. The quantitative estimate of drug-likeness (QED) is 0.739. The molecule has 0 aliphatic rings. The van der Waals surface area contributed by atoms with Crippen LogP contribution in [0.1, 0.15) is 20.8 Å². The maximum atomic E-state index is 12.5. The maximum Gasteiger partial charge on any atom is 0.274 e. The van der Waals surface area contributed by atoms with Crippen molar-refractivity contribution in [1.29, 1.82) is 0 Å². The van der Waals surface area contributed by atoms with Crippen LogP contribution in [0.4, 0.5) is 11.4 Å². The van der Waals surface area contributed by atoms with Crippen LogP contribution in [0.3, 0.4) is 0 Å². The molecule has 0 fully saturated rings. The third-order valence-electron chi connectivity index (χ3n) is 3.64. The lowest BCUT2D eigenvalue weighted by atomic mass is 10.2. The van der Waals surface area contributed by atoms with E-state index in [0.717, 1.165) is 0 Å². The Morgan fingerprint density at radius 2 is 1.62 bits per heavy atom. The predicted octanol–water partition coefficient (Wildman–Crippen LogP) is 3.59. The summed E-state index contributed by atoms with van der Waals surface area (Å²) in [6.45, 7) is 0. The van der Waals surface area contributed by atoms with E-state index in [1.807, 2.05) is 18.2 Å². The average Bonchev–Trinajstić information content (AvgIpc) is 2.69. The van der Waals surface area contributed by atoms with Gasteiger partial charge in [-0.05, 0) is 36.4 Å². The monoisotopic (exact) mass is 347 g/mol. The third kappa shape index (κ3) is 4.05. The Bertz CT molecular complexity index is 926. The van der Waals surface area contributed by atoms with Crippen molar-refractivity contribution in [2.75, 3.05) is 17.7 Å². The Morgan fingerprint density at radius 3 is 2.38 bits per heavy atom. The van der Waals surface area contributed by atoms with Crippen molar-refractivity contribution in [1.82, 2.24) is 4.98 Å². The summed E-state index contributed by atoms with van der Waals surface area (Å²) in [5.41, 5.74) is 1.68. The molecule has 130 valence electrons. The van der Waals surface area contributed by atoms with Gasteiger partial charge in [-0.3, -0.25) is 14.6 Å². The molecule has 0 aliphatic carbocycles. The van der Waals surface area contributed by atoms with E-state index < -0.39 is 5.91 Å². The predicted molar refractivity (Wildman–Crippen MR) is 99.6 cm³/mol. The summed E-state index contributed by atoms with van der Waals surface area (Å²) in [5.74, 6) is -0.201. The molecule has 0 aliphatic heterocycles. The van der Waals surface area contributed by atoms with Crippen LogP contribution in [0.2, 0.25) is 0 Å². The second-order valence-electron chi connectivity index (χ2n) is 5.40. The molecular weight excluding hydrogens is 330 g/mol. The molecule has 1 aromatic heterocycles. The van der Waals surface area contributed by atoms with Gasteiger partial charge < -0.3 is 15.4 Å². The number of benzene rings is 2. The van der Waals surface area contributed by atoms with E-state index in [1.54, 1.807) is 42.5 Å². The molecule has 1 heterocycles. The van der Waals surface area contributed by atoms with Crippen molar-refractivity contribution in [2.24, 2.45) is 0 Å². The molecule has 0 bridgehead atoms. The zero-order valence-electron chi connectivity index (χ0n) is 14.1. The largest absolute Gasteiger partial charge is 0.495 e. The first kappa shape index (κ1) is 17.2. The molecule has 3 rings (SSSR count). The van der Waals surface area contributed by atoms with Crippen LogP contribution in [0, 0.1) is 0 Å². The van der Waals surface area contributed by atoms with Crippen LogP contribution < -0.4 is 15.4 Å². The molecule has 3 aromatic rings. The standard InChI is InChI=1S/C20H17N3O3/c1-26-18-10-6-5-9-16(18)23-20(25)17-13-14(11-12-21-17)19(24)22-15-7-3-2-4-8-15/h2-13H,1H3,(H,22,24)(H,23,25). The summed E-state index contributed by atoms with van der Waals surface area (Å²) < 4.78 is 5.21. The molecule has 0 unspecified atom stereocenters. The summed E-state index contributed by atoms with van der Waals surface area (Å²) >= 11 is 0. The number of pyridine rings is 1. The highest BCUT2D eigenvalue weighted by molar-refractivity contribution is 6.08. The second-order valence-corrected chi connectivity index (χ2v) is 5.40. The Morgan fingerprint density at radius 1 is 0.885 bits per heavy atom. The lowest BCUT2D eigenvalue weighted by Crippen LogP contribution is -2.17. The number of amides is 2. The fourth-order valence-electron chi connectivity index (χ4n) is 2.35. The Balaban J connectivity index is 1.76. The second kappa shape index (κ2) is 7.94. The number of nitrogens with zero attached hydrogens (tertiary/aromatic N) is 1. The van der Waals surface area contributed by atoms with Crippen molar-refractivity contribution < 1.29 is 14.3 Å². The van der Waals surface area contributed by atoms with Gasteiger partial charge in [0.2, 0.25) is 0 Å². The van der Waals surface area contributed by atoms with Crippen molar-refractivity contribution >= 4 is 23.2 Å². The van der Waals surface area contributed by atoms with Gasteiger partial charge >= 0.3 is 0 Å². The van der Waals surface area contributed by atoms with Crippen LogP contribution in [-0.2, 0) is 0 Å². The van der Waals surface area contributed by atoms with Crippen LogP contribution in [-0.4, -0.2) is 23.9 Å². The fraction of sp³-hybridized carbons (Fsp3) is 0.0500. The van der Waals surface area contributed by atoms with Gasteiger partial charge in [0.05, 0.1) is 12.8 Å². The van der Waals surface area contributed by atoms with Gasteiger partial charge in [-0.25, -0.2) is 0 Å². The number of hydrogen-bond acceptors (Lipinski definition) is 4. The highest BCUT2D eigenvalue weighted by Gasteiger charge is 2.14. The molecule has 6 nitrogen and oxygen atoms in total. The first-order valence-corrected chi connectivity index (χ1v) is 7.94. The van der Waals surface area contributed by atoms with Crippen molar-refractivity contribution in [3.63, 3.8) is 0 Å². The Kier molecular flexibility index (Phi) is 5.24. The summed E-state index contributed by atoms with van der Waals surface area (Å²) in [6, 6.07) is 19.2. The average molecular weight is 347 g/mol. The van der Waals surface area contributed by atoms with Crippen molar-refractivity contribution in [2.45, 2.75) is 0 Å². The van der Waals surface area contributed by atoms with E-state index in [0.29, 0.717) is 22.7 Å². The highest BCUT2D eigenvalue weighted by atomic mass is 16.5. The molecular formula is C20H17N3O3. The van der Waals surface area contributed by atoms with Gasteiger partial charge in [-0.2, -0.15) is 0 Å². The van der Waals surface area contributed by atoms with Gasteiger partial charge in [-0.1, -0.05) is 30.3 Å². The van der Waals surface area contributed by atoms with Gasteiger partial charge in [0.25, 0.3) is 11.8 Å². The van der Waals surface area contributed by atoms with Crippen molar-refractivity contribution in [3.8, 4) is 5.75 Å². The molecule has 0 saturated carbocycles. The minimum atomic E-state index is -0.427. The zero-order valence-corrected chi connectivity index (χ0v) is 14.1. The zero-order chi connectivity index (χ0) is 18.4. The van der Waals surface area contributed by atoms with Crippen LogP contribution in [0.5, 0.6) is 5.75 Å². The maximum absolute atomic E-state index is 12.5. The normalized spacial score (nSPS) is 10.0. The van der Waals surface area contributed by atoms with Gasteiger partial charge in [0.15, 0.2) is 0 Å². The van der Waals surface area contributed by atoms with Gasteiger partial charge in [-0.15, -0.1) is 0 Å². The minimum absolute atomic E-state index is 0.136. The summed E-state index contributed by atoms with van der Waals surface area (Å²) in [4.78, 5) is 28.9. The Hall–Kier alpha value is -3.67. The van der Waals surface area contributed by atoms with Crippen molar-refractivity contribution in [3.05, 3.63) is 84.2 Å². The lowest BCUT2D eigenvalue weighted by Gasteiger charge is -2.10. The summed E-state index contributed by atoms with van der Waals surface area (Å²) in [5, 5.41) is 5.51. The van der Waals surface area contributed by atoms with E-state index in [-0.39, 0.29) is 11.6 Å². The molecule has 2 N–H and O–H groups in total. The first-order chi connectivity index (χ1) is 12.7. The number of carbonyl (C=O) groups is 2. The fourth-order valence-corrected chi connectivity index (χ4v) is 2.35. The van der Waals surface area contributed by atoms with Gasteiger partial charge in [0.1, 0.15) is 11.4 Å². The SMILES string of the molecule is COc1ccccc1NC(=O)c1cc(C(=O)Nc2ccccc2)ccn1. The van der Waals surface area contributed by atoms with E-state index in [9.17, 15) is 9.59 Å². The molecule has 6 heteroatoms. The molecule has 0 radical (unpaired) electrons. The lowest BCUT2D eigenvalue weighted by molar-refractivity contribution is 0.102. The van der Waals surface area contributed by atoms with Crippen LogP contribution >= 0.6 is 0 Å². The minimum Gasteiger partial charge on any atom is -0.495 e. The number of anilines is 2. The molecule has 0 atom stereocenters. The van der Waals surface area contributed by atoms with E-state index in [4.69, 9.17) is 4.74 Å². The number of rotatable bonds is 5. The first-order valence-electron chi connectivity index (χ1n) is 7.94. The smallest absolute Gasteiger partial charge is 0.274 e. The number of para-hydroxylation sites is 3. The molecule has 0 saturated heterocycles. The van der Waals surface area contributed by atoms with Crippen LogP contribution in [0.15, 0.2) is 72.9 Å². The summed E-state index contributed by atoms with van der Waals surface area (Å²) in [6.07, 6.45) is 1.43. The van der Waals surface area contributed by atoms with E-state index in [1.165, 1.54) is 19.4 Å². The number of aromatic nitrogens is 1. The van der Waals surface area contributed by atoms with Crippen LogP contribution in [0.25, 0.3) is 0 Å². The molecule has 0 spiro atoms. The number of hydrogen-bond donors (Lipinski definition) is 2. The third-order valence-corrected chi connectivity index (χ3v) is 3.64.